The molecule has 37 heavy (non-hydrogen) atoms. The van der Waals surface area contributed by atoms with Crippen LogP contribution in [0, 0.1) is 17.6 Å². The smallest absolute Gasteiger partial charge is 0.239 e. The molecule has 3 N–H and O–H groups in total. The second kappa shape index (κ2) is 12.7. The van der Waals surface area contributed by atoms with E-state index in [1.165, 1.54) is 13.0 Å². The Morgan fingerprint density at radius 3 is 2.14 bits per heavy atom. The minimum atomic E-state index is -1.16. The van der Waals surface area contributed by atoms with Crippen molar-refractivity contribution in [1.29, 1.82) is 0 Å². The number of carbonyl (C=O) groups is 4. The van der Waals surface area contributed by atoms with Crippen LogP contribution in [0.5, 0.6) is 0 Å². The maximum atomic E-state index is 13.3. The lowest BCUT2D eigenvalue weighted by Gasteiger charge is -2.14. The van der Waals surface area contributed by atoms with Gasteiger partial charge >= 0.3 is 0 Å². The fourth-order valence-corrected chi connectivity index (χ4v) is 3.58. The van der Waals surface area contributed by atoms with Gasteiger partial charge in [0.05, 0.1) is 6.54 Å². The molecule has 0 radical (unpaired) electrons. The Balaban J connectivity index is 1.50. The van der Waals surface area contributed by atoms with E-state index in [2.05, 4.69) is 16.0 Å². The lowest BCUT2D eigenvalue weighted by atomic mass is 9.98. The number of hydrogen-bond donors (Lipinski definition) is 3. The Morgan fingerprint density at radius 1 is 0.811 bits per heavy atom. The Kier molecular flexibility index (Phi) is 9.45. The first-order chi connectivity index (χ1) is 17.6. The topological polar surface area (TPSA) is 104 Å². The second-order valence-corrected chi connectivity index (χ2v) is 8.64. The summed E-state index contributed by atoms with van der Waals surface area (Å²) >= 11 is 6.07. The number of halogens is 3. The molecule has 3 aromatic rings. The van der Waals surface area contributed by atoms with E-state index in [1.54, 1.807) is 42.5 Å². The lowest BCUT2D eigenvalue weighted by Crippen LogP contribution is -2.43. The second-order valence-electron chi connectivity index (χ2n) is 8.21. The first kappa shape index (κ1) is 27.5. The largest absolute Gasteiger partial charge is 0.351 e. The minimum absolute atomic E-state index is 0.0139. The summed E-state index contributed by atoms with van der Waals surface area (Å²) in [6, 6.07) is 16.2. The Morgan fingerprint density at radius 2 is 1.46 bits per heavy atom. The van der Waals surface area contributed by atoms with Gasteiger partial charge in [0.1, 0.15) is 17.6 Å². The van der Waals surface area contributed by atoms with Gasteiger partial charge in [0, 0.05) is 35.3 Å². The van der Waals surface area contributed by atoms with Crippen LogP contribution in [0.4, 0.5) is 8.78 Å². The standard InChI is InChI=1S/C27H24ClF2N3O4/c1-16(26(36)32-13-17-9-21(29)12-22(30)10-17)27(37)33-15-24(34)31-14-19-7-8-20(28)11-23(19)25(35)18-5-3-2-4-6-18/h2-12,16H,13-15H2,1H3,(H,31,34)(H,32,36)(H,33,37). The van der Waals surface area contributed by atoms with Crippen LogP contribution < -0.4 is 16.0 Å². The predicted molar refractivity (Wildman–Crippen MR) is 134 cm³/mol. The molecule has 0 spiro atoms. The van der Waals surface area contributed by atoms with Gasteiger partial charge in [-0.15, -0.1) is 0 Å². The number of rotatable bonds is 10. The molecule has 1 unspecified atom stereocenters. The van der Waals surface area contributed by atoms with E-state index in [0.717, 1.165) is 12.1 Å². The van der Waals surface area contributed by atoms with Gasteiger partial charge in [0.2, 0.25) is 17.7 Å². The van der Waals surface area contributed by atoms with E-state index in [0.29, 0.717) is 27.8 Å². The van der Waals surface area contributed by atoms with Gasteiger partial charge in [-0.2, -0.15) is 0 Å². The van der Waals surface area contributed by atoms with Crippen molar-refractivity contribution in [2.24, 2.45) is 5.92 Å². The van der Waals surface area contributed by atoms with E-state index >= 15 is 0 Å². The summed E-state index contributed by atoms with van der Waals surface area (Å²) in [5.41, 5.74) is 1.55. The van der Waals surface area contributed by atoms with E-state index in [9.17, 15) is 28.0 Å². The average molecular weight is 528 g/mol. The highest BCUT2D eigenvalue weighted by atomic mass is 35.5. The third-order valence-corrected chi connectivity index (χ3v) is 5.66. The van der Waals surface area contributed by atoms with Gasteiger partial charge in [-0.25, -0.2) is 8.78 Å². The summed E-state index contributed by atoms with van der Waals surface area (Å²) < 4.78 is 26.5. The third-order valence-electron chi connectivity index (χ3n) is 5.43. The van der Waals surface area contributed by atoms with Crippen molar-refractivity contribution in [2.45, 2.75) is 20.0 Å². The molecule has 0 aliphatic rings. The van der Waals surface area contributed by atoms with Crippen LogP contribution in [0.2, 0.25) is 5.02 Å². The van der Waals surface area contributed by atoms with Crippen molar-refractivity contribution in [3.63, 3.8) is 0 Å². The number of hydrogen-bond acceptors (Lipinski definition) is 4. The molecule has 1 atom stereocenters. The van der Waals surface area contributed by atoms with Crippen LogP contribution in [0.1, 0.15) is 34.0 Å². The Labute approximate surface area is 217 Å². The highest BCUT2D eigenvalue weighted by Crippen LogP contribution is 2.20. The van der Waals surface area contributed by atoms with Crippen LogP contribution in [-0.2, 0) is 27.5 Å². The first-order valence-corrected chi connectivity index (χ1v) is 11.7. The SMILES string of the molecule is CC(C(=O)NCC(=O)NCc1ccc(Cl)cc1C(=O)c1ccccc1)C(=O)NCc1cc(F)cc(F)c1. The highest BCUT2D eigenvalue weighted by molar-refractivity contribution is 6.31. The molecule has 3 amide bonds. The van der Waals surface area contributed by atoms with Gasteiger partial charge in [0.25, 0.3) is 0 Å². The van der Waals surface area contributed by atoms with Crippen molar-refractivity contribution >= 4 is 35.1 Å². The molecule has 3 aromatic carbocycles. The number of ketones is 1. The average Bonchev–Trinajstić information content (AvgIpc) is 2.88. The van der Waals surface area contributed by atoms with Gasteiger partial charge in [-0.05, 0) is 42.3 Å². The molecule has 0 heterocycles. The zero-order chi connectivity index (χ0) is 26.9. The summed E-state index contributed by atoms with van der Waals surface area (Å²) in [5.74, 6) is -4.88. The van der Waals surface area contributed by atoms with E-state index in [-0.39, 0.29) is 24.4 Å². The summed E-state index contributed by atoms with van der Waals surface area (Å²) in [6.45, 7) is 0.780. The molecule has 0 saturated heterocycles. The molecule has 192 valence electrons. The monoisotopic (exact) mass is 527 g/mol. The van der Waals surface area contributed by atoms with Crippen LogP contribution >= 0.6 is 11.6 Å². The van der Waals surface area contributed by atoms with Gasteiger partial charge < -0.3 is 16.0 Å². The van der Waals surface area contributed by atoms with Crippen LogP contribution in [0.3, 0.4) is 0 Å². The van der Waals surface area contributed by atoms with Crippen LogP contribution in [0.25, 0.3) is 0 Å². The third kappa shape index (κ3) is 7.94. The quantitative estimate of drug-likeness (QED) is 0.277. The molecular weight excluding hydrogens is 504 g/mol. The van der Waals surface area contributed by atoms with E-state index < -0.39 is 41.8 Å². The molecule has 0 saturated carbocycles. The lowest BCUT2D eigenvalue weighted by molar-refractivity contribution is -0.135. The van der Waals surface area contributed by atoms with Crippen molar-refractivity contribution < 1.29 is 28.0 Å². The number of carbonyl (C=O) groups excluding carboxylic acids is 4. The molecule has 3 rings (SSSR count). The number of amides is 3. The summed E-state index contributed by atoms with van der Waals surface area (Å²) in [4.78, 5) is 49.7. The molecule has 0 aromatic heterocycles. The van der Waals surface area contributed by atoms with Gasteiger partial charge in [-0.1, -0.05) is 48.0 Å². The van der Waals surface area contributed by atoms with Crippen LogP contribution in [-0.4, -0.2) is 30.0 Å². The summed E-state index contributed by atoms with van der Waals surface area (Å²) in [5, 5.41) is 7.79. The van der Waals surface area contributed by atoms with Crippen molar-refractivity contribution in [3.05, 3.63) is 106 Å². The van der Waals surface area contributed by atoms with E-state index in [1.807, 2.05) is 0 Å². The van der Waals surface area contributed by atoms with E-state index in [4.69, 9.17) is 11.6 Å². The zero-order valence-electron chi connectivity index (χ0n) is 19.8. The fourth-order valence-electron chi connectivity index (χ4n) is 3.41. The van der Waals surface area contributed by atoms with Crippen LogP contribution in [0.15, 0.2) is 66.7 Å². The molecule has 0 aliphatic heterocycles. The molecular formula is C27H24ClF2N3O4. The number of nitrogens with one attached hydrogen (secondary N) is 3. The minimum Gasteiger partial charge on any atom is -0.351 e. The van der Waals surface area contributed by atoms with Crippen molar-refractivity contribution in [3.8, 4) is 0 Å². The molecule has 0 aliphatic carbocycles. The maximum Gasteiger partial charge on any atom is 0.239 e. The Hall–Kier alpha value is -4.11. The molecule has 7 nitrogen and oxygen atoms in total. The summed E-state index contributed by atoms with van der Waals surface area (Å²) in [6.07, 6.45) is 0. The Bertz CT molecular complexity index is 1300. The number of benzene rings is 3. The van der Waals surface area contributed by atoms with Crippen molar-refractivity contribution in [1.82, 2.24) is 16.0 Å². The summed E-state index contributed by atoms with van der Waals surface area (Å²) in [7, 11) is 0. The molecule has 10 heteroatoms. The predicted octanol–water partition coefficient (Wildman–Crippen LogP) is 3.53. The zero-order valence-corrected chi connectivity index (χ0v) is 20.6. The fraction of sp³-hybridized carbons (Fsp3) is 0.185. The highest BCUT2D eigenvalue weighted by Gasteiger charge is 2.22. The molecule has 0 bridgehead atoms. The maximum absolute atomic E-state index is 13.3. The molecule has 0 fully saturated rings. The van der Waals surface area contributed by atoms with Gasteiger partial charge in [-0.3, -0.25) is 19.2 Å². The normalized spacial score (nSPS) is 11.4. The van der Waals surface area contributed by atoms with Crippen molar-refractivity contribution in [2.75, 3.05) is 6.54 Å². The first-order valence-electron chi connectivity index (χ1n) is 11.3. The van der Waals surface area contributed by atoms with Gasteiger partial charge in [0.15, 0.2) is 5.78 Å².